The van der Waals surface area contributed by atoms with Gasteiger partial charge in [0.25, 0.3) is 0 Å². The molecule has 0 radical (unpaired) electrons. The molecule has 1 fully saturated rings. The first-order valence-electron chi connectivity index (χ1n) is 3.58. The van der Waals surface area contributed by atoms with Gasteiger partial charge in [-0.1, -0.05) is 9.39 Å². The first kappa shape index (κ1) is 9.07. The predicted molar refractivity (Wildman–Crippen MR) is 47.7 cm³/mol. The molecule has 1 heterocycles. The van der Waals surface area contributed by atoms with E-state index in [-0.39, 0.29) is 18.2 Å². The van der Waals surface area contributed by atoms with Crippen LogP contribution in [0.2, 0.25) is 0 Å². The van der Waals surface area contributed by atoms with Gasteiger partial charge in [0, 0.05) is 6.04 Å². The van der Waals surface area contributed by atoms with E-state index in [2.05, 4.69) is 14.5 Å². The number of ether oxygens (including phenoxy) is 1. The third-order valence-electron chi connectivity index (χ3n) is 1.84. The number of nitrogens with two attached hydrogens (primary N) is 1. The van der Waals surface area contributed by atoms with Gasteiger partial charge in [-0.25, -0.2) is 0 Å². The molecule has 11 heavy (non-hydrogen) atoms. The molecule has 1 saturated heterocycles. The summed E-state index contributed by atoms with van der Waals surface area (Å²) in [6, 6.07) is -0.128. The van der Waals surface area contributed by atoms with Crippen molar-refractivity contribution in [2.24, 2.45) is 5.73 Å². The van der Waals surface area contributed by atoms with Gasteiger partial charge in [0.1, 0.15) is 6.10 Å². The molecule has 1 aliphatic rings. The third-order valence-corrected chi connectivity index (χ3v) is 2.37. The molecule has 64 valence electrons. The van der Waals surface area contributed by atoms with Crippen molar-refractivity contribution in [3.63, 3.8) is 0 Å². The van der Waals surface area contributed by atoms with E-state index in [4.69, 9.17) is 15.9 Å². The highest BCUT2D eigenvalue weighted by Gasteiger charge is 2.32. The van der Waals surface area contributed by atoms with Crippen molar-refractivity contribution < 1.29 is 4.74 Å². The molecule has 0 aromatic carbocycles. The lowest BCUT2D eigenvalue weighted by Crippen LogP contribution is -2.46. The fourth-order valence-electron chi connectivity index (χ4n) is 0.815. The molecule has 0 aliphatic carbocycles. The lowest BCUT2D eigenvalue weighted by molar-refractivity contribution is 0.442. The van der Waals surface area contributed by atoms with Gasteiger partial charge >= 0.3 is 0 Å². The van der Waals surface area contributed by atoms with Gasteiger partial charge in [-0.15, -0.1) is 0 Å². The second kappa shape index (κ2) is 3.59. The number of hydrogen-bond donors (Lipinski definition) is 3. The van der Waals surface area contributed by atoms with E-state index >= 15 is 0 Å². The van der Waals surface area contributed by atoms with Gasteiger partial charge in [-0.2, -0.15) is 0 Å². The Morgan fingerprint density at radius 3 is 2.82 bits per heavy atom. The zero-order chi connectivity index (χ0) is 8.43. The Bertz CT molecular complexity index is 160. The Kier molecular flexibility index (Phi) is 2.96. The first-order valence-corrected chi connectivity index (χ1v) is 4.16. The maximum Gasteiger partial charge on any atom is 0.120 e. The maximum absolute atomic E-state index is 7.55. The molecule has 4 atom stereocenters. The normalized spacial score (nSPS) is 27.7. The minimum absolute atomic E-state index is 0.00852. The van der Waals surface area contributed by atoms with Crippen LogP contribution in [-0.2, 0) is 4.74 Å². The van der Waals surface area contributed by atoms with Gasteiger partial charge in [-0.05, 0) is 6.92 Å². The molecule has 1 rings (SSSR count). The van der Waals surface area contributed by atoms with Crippen LogP contribution in [0.4, 0.5) is 0 Å². The smallest absolute Gasteiger partial charge is 0.120 e. The standard InChI is InChI=1S/C6H14N3OP/c1-3(9-11)5(7)6(8)4-2-10-4/h3-5,8-9H,2,7,11H2,1H3/t3-,4+,5-/m0/s1. The van der Waals surface area contributed by atoms with Crippen molar-refractivity contribution in [1.29, 1.82) is 5.41 Å². The molecule has 0 saturated carbocycles. The van der Waals surface area contributed by atoms with Crippen LogP contribution in [0.5, 0.6) is 0 Å². The van der Waals surface area contributed by atoms with Crippen LogP contribution in [0, 0.1) is 5.41 Å². The van der Waals surface area contributed by atoms with E-state index in [1.54, 1.807) is 0 Å². The topological polar surface area (TPSA) is 74.4 Å². The molecule has 5 heteroatoms. The Labute approximate surface area is 68.6 Å². The predicted octanol–water partition coefficient (Wildman–Crippen LogP) is -0.500. The average molecular weight is 175 g/mol. The molecular formula is C6H14N3OP. The van der Waals surface area contributed by atoms with Gasteiger partial charge in [0.05, 0.1) is 18.4 Å². The summed E-state index contributed by atoms with van der Waals surface area (Å²) in [7, 11) is 2.39. The minimum atomic E-state index is -0.236. The van der Waals surface area contributed by atoms with E-state index in [1.165, 1.54) is 0 Å². The van der Waals surface area contributed by atoms with Gasteiger partial charge in [-0.3, -0.25) is 5.09 Å². The van der Waals surface area contributed by atoms with Crippen molar-refractivity contribution in [2.45, 2.75) is 25.1 Å². The summed E-state index contributed by atoms with van der Waals surface area (Å²) >= 11 is 0. The number of rotatable bonds is 4. The van der Waals surface area contributed by atoms with Crippen LogP contribution >= 0.6 is 9.39 Å². The molecule has 0 bridgehead atoms. The zero-order valence-corrected chi connectivity index (χ0v) is 7.66. The van der Waals surface area contributed by atoms with Crippen molar-refractivity contribution in [3.05, 3.63) is 0 Å². The van der Waals surface area contributed by atoms with Gasteiger partial charge in [0.2, 0.25) is 0 Å². The van der Waals surface area contributed by atoms with Crippen LogP contribution < -0.4 is 10.8 Å². The summed E-state index contributed by atoms with van der Waals surface area (Å²) in [5.41, 5.74) is 6.22. The zero-order valence-electron chi connectivity index (χ0n) is 6.50. The monoisotopic (exact) mass is 175 g/mol. The number of nitrogens with one attached hydrogen (secondary N) is 2. The molecular weight excluding hydrogens is 161 g/mol. The first-order chi connectivity index (χ1) is 5.16. The highest BCUT2D eigenvalue weighted by Crippen LogP contribution is 2.13. The Hall–Kier alpha value is -0.0200. The van der Waals surface area contributed by atoms with E-state index in [0.29, 0.717) is 12.3 Å². The van der Waals surface area contributed by atoms with Crippen LogP contribution in [0.25, 0.3) is 0 Å². The summed E-state index contributed by atoms with van der Waals surface area (Å²) in [5, 5.41) is 10.5. The Balaban J connectivity index is 2.38. The van der Waals surface area contributed by atoms with Crippen LogP contribution in [0.3, 0.4) is 0 Å². The van der Waals surface area contributed by atoms with E-state index in [9.17, 15) is 0 Å². The third kappa shape index (κ3) is 2.20. The van der Waals surface area contributed by atoms with E-state index < -0.39 is 0 Å². The summed E-state index contributed by atoms with van der Waals surface area (Å²) in [6.07, 6.45) is -0.00852. The van der Waals surface area contributed by atoms with Gasteiger partial charge in [0.15, 0.2) is 0 Å². The summed E-state index contributed by atoms with van der Waals surface area (Å²) in [5.74, 6) is 0. The van der Waals surface area contributed by atoms with Gasteiger partial charge < -0.3 is 15.9 Å². The van der Waals surface area contributed by atoms with Crippen LogP contribution in [0.1, 0.15) is 6.92 Å². The Morgan fingerprint density at radius 1 is 1.91 bits per heavy atom. The number of hydrogen-bond acceptors (Lipinski definition) is 4. The highest BCUT2D eigenvalue weighted by molar-refractivity contribution is 7.13. The fourth-order valence-corrected chi connectivity index (χ4v) is 1.02. The van der Waals surface area contributed by atoms with Crippen molar-refractivity contribution in [1.82, 2.24) is 5.09 Å². The largest absolute Gasteiger partial charge is 0.367 e. The second-order valence-corrected chi connectivity index (χ2v) is 3.09. The Morgan fingerprint density at radius 2 is 2.45 bits per heavy atom. The molecule has 0 aromatic rings. The quantitative estimate of drug-likeness (QED) is 0.306. The highest BCUT2D eigenvalue weighted by atomic mass is 31.0. The van der Waals surface area contributed by atoms with Crippen LogP contribution in [-0.4, -0.2) is 30.5 Å². The lowest BCUT2D eigenvalue weighted by Gasteiger charge is -2.18. The molecule has 0 spiro atoms. The second-order valence-electron chi connectivity index (χ2n) is 2.76. The minimum Gasteiger partial charge on any atom is -0.367 e. The maximum atomic E-state index is 7.55. The summed E-state index contributed by atoms with van der Waals surface area (Å²) in [4.78, 5) is 0. The van der Waals surface area contributed by atoms with E-state index in [1.807, 2.05) is 6.92 Å². The SMILES string of the molecule is C[C@H](NP)[C@H](N)C(=N)[C@H]1CO1. The van der Waals surface area contributed by atoms with Crippen molar-refractivity contribution in [3.8, 4) is 0 Å². The molecule has 4 nitrogen and oxygen atoms in total. The van der Waals surface area contributed by atoms with E-state index in [0.717, 1.165) is 0 Å². The number of epoxide rings is 1. The van der Waals surface area contributed by atoms with Crippen molar-refractivity contribution >= 4 is 15.1 Å². The molecule has 4 N–H and O–H groups in total. The summed E-state index contributed by atoms with van der Waals surface area (Å²) in [6.45, 7) is 2.60. The molecule has 1 unspecified atom stereocenters. The lowest BCUT2D eigenvalue weighted by atomic mass is 10.0. The average Bonchev–Trinajstić information content (AvgIpc) is 2.82. The van der Waals surface area contributed by atoms with Crippen molar-refractivity contribution in [2.75, 3.05) is 6.61 Å². The molecule has 0 aromatic heterocycles. The molecule has 0 amide bonds. The molecule has 1 aliphatic heterocycles. The summed E-state index contributed by atoms with van der Waals surface area (Å²) < 4.78 is 4.95. The van der Waals surface area contributed by atoms with Crippen LogP contribution in [0.15, 0.2) is 0 Å². The fraction of sp³-hybridized carbons (Fsp3) is 0.833.